The third-order valence-corrected chi connectivity index (χ3v) is 2.56. The minimum atomic E-state index is -0.691. The normalized spacial score (nSPS) is 12.0. The number of hydrogen-bond acceptors (Lipinski definition) is 5. The predicted molar refractivity (Wildman–Crippen MR) is 75.5 cm³/mol. The van der Waals surface area contributed by atoms with Gasteiger partial charge in [0.15, 0.2) is 0 Å². The van der Waals surface area contributed by atoms with Crippen LogP contribution in [0.1, 0.15) is 24.2 Å². The van der Waals surface area contributed by atoms with E-state index in [0.29, 0.717) is 11.3 Å². The fourth-order valence-corrected chi connectivity index (χ4v) is 1.50. The molecule has 0 aromatic heterocycles. The Labute approximate surface area is 122 Å². The van der Waals surface area contributed by atoms with Gasteiger partial charge < -0.3 is 11.1 Å². The number of nitrogens with one attached hydrogen (secondary N) is 1. The van der Waals surface area contributed by atoms with E-state index >= 15 is 0 Å². The van der Waals surface area contributed by atoms with E-state index in [1.807, 2.05) is 0 Å². The first-order chi connectivity index (χ1) is 9.81. The molecule has 0 saturated heterocycles. The number of carbonyl (C=O) groups is 3. The van der Waals surface area contributed by atoms with Gasteiger partial charge in [-0.2, -0.15) is 0 Å². The fraction of sp³-hybridized carbons (Fsp3) is 0.308. The fourth-order valence-electron chi connectivity index (χ4n) is 1.50. The molecule has 0 aliphatic rings. The number of hydrogen-bond donors (Lipinski definition) is 2. The number of rotatable bonds is 5. The van der Waals surface area contributed by atoms with Crippen LogP contribution in [0.5, 0.6) is 0 Å². The third-order valence-electron chi connectivity index (χ3n) is 2.56. The van der Waals surface area contributed by atoms with E-state index in [1.165, 1.54) is 26.1 Å². The molecule has 3 amide bonds. The van der Waals surface area contributed by atoms with Crippen molar-refractivity contribution in [1.82, 2.24) is 10.3 Å². The van der Waals surface area contributed by atoms with Crippen molar-refractivity contribution in [3.63, 3.8) is 0 Å². The highest BCUT2D eigenvalue weighted by Crippen LogP contribution is 2.13. The van der Waals surface area contributed by atoms with E-state index < -0.39 is 17.9 Å². The first kappa shape index (κ1) is 16.3. The molecular formula is C13H17N5O3. The van der Waals surface area contributed by atoms with Gasteiger partial charge in [-0.1, -0.05) is 5.22 Å². The molecule has 1 rings (SSSR count). The molecule has 0 fully saturated rings. The second-order valence-electron chi connectivity index (χ2n) is 4.38. The molecule has 21 heavy (non-hydrogen) atoms. The smallest absolute Gasteiger partial charge is 0.266 e. The van der Waals surface area contributed by atoms with E-state index in [9.17, 15) is 14.4 Å². The maximum atomic E-state index is 11.8. The number of benzene rings is 1. The summed E-state index contributed by atoms with van der Waals surface area (Å²) in [6, 6.07) is 5.44. The molecule has 3 N–H and O–H groups in total. The molecule has 0 saturated carbocycles. The van der Waals surface area contributed by atoms with Gasteiger partial charge in [-0.15, -0.1) is 5.11 Å². The van der Waals surface area contributed by atoms with Gasteiger partial charge in [0.25, 0.3) is 5.91 Å². The van der Waals surface area contributed by atoms with Crippen LogP contribution in [0.15, 0.2) is 34.6 Å². The maximum Gasteiger partial charge on any atom is 0.266 e. The molecule has 0 heterocycles. The van der Waals surface area contributed by atoms with Crippen LogP contribution in [-0.2, 0) is 9.59 Å². The van der Waals surface area contributed by atoms with Crippen LogP contribution in [0.3, 0.4) is 0 Å². The monoisotopic (exact) mass is 291 g/mol. The predicted octanol–water partition coefficient (Wildman–Crippen LogP) is 0.767. The molecule has 1 atom stereocenters. The molecule has 0 bridgehead atoms. The first-order valence-electron chi connectivity index (χ1n) is 6.17. The SMILES string of the molecule is CC(=O)N[C@@H](C)C(=O)N(C)N=Nc1ccc(C(N)=O)cc1. The lowest BCUT2D eigenvalue weighted by molar-refractivity contribution is -0.134. The Kier molecular flexibility index (Phi) is 5.53. The Morgan fingerprint density at radius 2 is 1.81 bits per heavy atom. The highest BCUT2D eigenvalue weighted by atomic mass is 16.2. The van der Waals surface area contributed by atoms with Crippen LogP contribution in [0.2, 0.25) is 0 Å². The summed E-state index contributed by atoms with van der Waals surface area (Å²) in [5.74, 6) is -1.24. The Bertz CT molecular complexity index is 568. The average molecular weight is 291 g/mol. The van der Waals surface area contributed by atoms with Gasteiger partial charge >= 0.3 is 0 Å². The van der Waals surface area contributed by atoms with Crippen LogP contribution in [0.4, 0.5) is 5.69 Å². The van der Waals surface area contributed by atoms with E-state index in [2.05, 4.69) is 15.7 Å². The summed E-state index contributed by atoms with van der Waals surface area (Å²) in [5, 5.41) is 11.1. The lowest BCUT2D eigenvalue weighted by Crippen LogP contribution is -2.42. The first-order valence-corrected chi connectivity index (χ1v) is 6.17. The van der Waals surface area contributed by atoms with E-state index in [0.717, 1.165) is 5.01 Å². The minimum Gasteiger partial charge on any atom is -0.366 e. The van der Waals surface area contributed by atoms with E-state index in [1.54, 1.807) is 19.1 Å². The minimum absolute atomic E-state index is 0.303. The number of primary amides is 1. The summed E-state index contributed by atoms with van der Waals surface area (Å²) in [5.41, 5.74) is 5.94. The zero-order valence-corrected chi connectivity index (χ0v) is 12.0. The summed E-state index contributed by atoms with van der Waals surface area (Å²) in [6.45, 7) is 2.88. The van der Waals surface area contributed by atoms with Crippen molar-refractivity contribution in [2.45, 2.75) is 19.9 Å². The van der Waals surface area contributed by atoms with Gasteiger partial charge in [-0.05, 0) is 31.2 Å². The largest absolute Gasteiger partial charge is 0.366 e. The van der Waals surface area contributed by atoms with Gasteiger partial charge in [-0.3, -0.25) is 14.4 Å². The van der Waals surface area contributed by atoms with Gasteiger partial charge in [0.2, 0.25) is 11.8 Å². The number of nitrogens with two attached hydrogens (primary N) is 1. The van der Waals surface area contributed by atoms with Gasteiger partial charge in [0, 0.05) is 19.5 Å². The number of carbonyl (C=O) groups excluding carboxylic acids is 3. The second-order valence-corrected chi connectivity index (χ2v) is 4.38. The lowest BCUT2D eigenvalue weighted by Gasteiger charge is -2.15. The summed E-state index contributed by atoms with van der Waals surface area (Å²) in [6.07, 6.45) is 0. The van der Waals surface area contributed by atoms with E-state index in [-0.39, 0.29) is 5.91 Å². The summed E-state index contributed by atoms with van der Waals surface area (Å²) < 4.78 is 0. The lowest BCUT2D eigenvalue weighted by atomic mass is 10.2. The molecule has 0 aliphatic heterocycles. The van der Waals surface area contributed by atoms with Crippen molar-refractivity contribution in [1.29, 1.82) is 0 Å². The molecule has 1 aromatic carbocycles. The van der Waals surface area contributed by atoms with Crippen molar-refractivity contribution >= 4 is 23.4 Å². The summed E-state index contributed by atoms with van der Waals surface area (Å²) in [7, 11) is 1.43. The molecule has 8 heteroatoms. The highest BCUT2D eigenvalue weighted by Gasteiger charge is 2.17. The quantitative estimate of drug-likeness (QED) is 0.616. The standard InChI is InChI=1S/C13H17N5O3/c1-8(15-9(2)19)13(21)18(3)17-16-11-6-4-10(5-7-11)12(14)20/h4-8H,1-3H3,(H2,14,20)(H,15,19)/t8-/m0/s1. The van der Waals surface area contributed by atoms with Crippen molar-refractivity contribution in [2.75, 3.05) is 7.05 Å². The zero-order valence-electron chi connectivity index (χ0n) is 12.0. The van der Waals surface area contributed by atoms with Crippen molar-refractivity contribution in [3.05, 3.63) is 29.8 Å². The van der Waals surface area contributed by atoms with Gasteiger partial charge in [-0.25, -0.2) is 5.01 Å². The Morgan fingerprint density at radius 1 is 1.24 bits per heavy atom. The van der Waals surface area contributed by atoms with Crippen LogP contribution >= 0.6 is 0 Å². The molecule has 8 nitrogen and oxygen atoms in total. The molecule has 0 aliphatic carbocycles. The van der Waals surface area contributed by atoms with Crippen LogP contribution < -0.4 is 11.1 Å². The van der Waals surface area contributed by atoms with Crippen LogP contribution in [0, 0.1) is 0 Å². The van der Waals surface area contributed by atoms with Gasteiger partial charge in [0.1, 0.15) is 6.04 Å². The third kappa shape index (κ3) is 5.01. The molecule has 0 spiro atoms. The zero-order chi connectivity index (χ0) is 16.0. The average Bonchev–Trinajstić information content (AvgIpc) is 2.43. The highest BCUT2D eigenvalue weighted by molar-refractivity contribution is 5.93. The van der Waals surface area contributed by atoms with Crippen LogP contribution in [0.25, 0.3) is 0 Å². The number of likely N-dealkylation sites (N-methyl/N-ethyl adjacent to an activating group) is 1. The molecule has 0 unspecified atom stereocenters. The van der Waals surface area contributed by atoms with Crippen molar-refractivity contribution < 1.29 is 14.4 Å². The Morgan fingerprint density at radius 3 is 2.29 bits per heavy atom. The Balaban J connectivity index is 2.68. The molecule has 0 radical (unpaired) electrons. The summed E-state index contributed by atoms with van der Waals surface area (Å²) >= 11 is 0. The summed E-state index contributed by atoms with van der Waals surface area (Å²) in [4.78, 5) is 33.6. The molecule has 1 aromatic rings. The number of nitrogens with zero attached hydrogens (tertiary/aromatic N) is 3. The number of amides is 3. The van der Waals surface area contributed by atoms with Crippen molar-refractivity contribution in [2.24, 2.45) is 16.1 Å². The van der Waals surface area contributed by atoms with E-state index in [4.69, 9.17) is 5.73 Å². The maximum absolute atomic E-state index is 11.8. The topological polar surface area (TPSA) is 117 Å². The van der Waals surface area contributed by atoms with Gasteiger partial charge in [0.05, 0.1) is 5.69 Å². The second kappa shape index (κ2) is 7.13. The van der Waals surface area contributed by atoms with Crippen molar-refractivity contribution in [3.8, 4) is 0 Å². The Hall–Kier alpha value is -2.77. The molecule has 112 valence electrons. The van der Waals surface area contributed by atoms with Crippen LogP contribution in [-0.4, -0.2) is 35.8 Å². The molecular weight excluding hydrogens is 274 g/mol.